The molecule has 0 fully saturated rings. The molecule has 0 aliphatic carbocycles. The number of hydrogen-bond acceptors (Lipinski definition) is 2. The first-order chi connectivity index (χ1) is 7.49. The topological polar surface area (TPSA) is 26.3 Å². The summed E-state index contributed by atoms with van der Waals surface area (Å²) in [5.41, 5.74) is 1.17. The van der Waals surface area contributed by atoms with Crippen LogP contribution in [0.3, 0.4) is 0 Å². The normalized spacial score (nSPS) is 12.6. The fourth-order valence-corrected chi connectivity index (χ4v) is 1.59. The Labute approximate surface area is 105 Å². The molecule has 0 amide bonds. The van der Waals surface area contributed by atoms with Crippen LogP contribution in [-0.4, -0.2) is 12.1 Å². The van der Waals surface area contributed by atoms with Gasteiger partial charge in [0.15, 0.2) is 0 Å². The van der Waals surface area contributed by atoms with E-state index in [4.69, 9.17) is 4.74 Å². The van der Waals surface area contributed by atoms with Crippen LogP contribution in [0, 0.1) is 5.92 Å². The van der Waals surface area contributed by atoms with Crippen LogP contribution in [0.2, 0.25) is 0 Å². The van der Waals surface area contributed by atoms with E-state index in [0.717, 1.165) is 10.9 Å². The van der Waals surface area contributed by atoms with Crippen LogP contribution in [0.5, 0.6) is 0 Å². The molecule has 2 nitrogen and oxygen atoms in total. The zero-order valence-electron chi connectivity index (χ0n) is 9.87. The van der Waals surface area contributed by atoms with Crippen LogP contribution in [-0.2, 0) is 16.0 Å². The molecule has 1 rings (SSSR count). The minimum absolute atomic E-state index is 0.0626. The maximum absolute atomic E-state index is 11.4. The smallest absolute Gasteiger partial charge is 0.308 e. The van der Waals surface area contributed by atoms with Crippen molar-refractivity contribution in [3.63, 3.8) is 0 Å². The fourth-order valence-electron chi connectivity index (χ4n) is 1.33. The average molecular weight is 285 g/mol. The molecule has 0 spiro atoms. The maximum Gasteiger partial charge on any atom is 0.308 e. The van der Waals surface area contributed by atoms with Crippen molar-refractivity contribution in [3.8, 4) is 0 Å². The van der Waals surface area contributed by atoms with E-state index < -0.39 is 0 Å². The minimum Gasteiger partial charge on any atom is -0.462 e. The van der Waals surface area contributed by atoms with E-state index in [1.807, 2.05) is 45.0 Å². The van der Waals surface area contributed by atoms with Gasteiger partial charge in [-0.05, 0) is 24.6 Å². The summed E-state index contributed by atoms with van der Waals surface area (Å²) in [6, 6.07) is 8.05. The Kier molecular flexibility index (Phi) is 5.00. The first kappa shape index (κ1) is 13.2. The molecule has 1 unspecified atom stereocenters. The predicted octanol–water partition coefficient (Wildman–Crippen LogP) is 3.58. The summed E-state index contributed by atoms with van der Waals surface area (Å²) >= 11 is 3.39. The highest BCUT2D eigenvalue weighted by molar-refractivity contribution is 9.10. The third kappa shape index (κ3) is 4.35. The van der Waals surface area contributed by atoms with Gasteiger partial charge in [-0.15, -0.1) is 0 Å². The maximum atomic E-state index is 11.4. The van der Waals surface area contributed by atoms with Crippen LogP contribution >= 0.6 is 15.9 Å². The van der Waals surface area contributed by atoms with Crippen molar-refractivity contribution in [1.29, 1.82) is 0 Å². The van der Waals surface area contributed by atoms with Crippen molar-refractivity contribution >= 4 is 21.9 Å². The number of benzene rings is 1. The Balaban J connectivity index is 2.48. The van der Waals surface area contributed by atoms with Gasteiger partial charge in [-0.3, -0.25) is 4.79 Å². The third-order valence-electron chi connectivity index (χ3n) is 2.23. The van der Waals surface area contributed by atoms with Gasteiger partial charge in [0.2, 0.25) is 0 Å². The number of halogens is 1. The number of ether oxygens (including phenoxy) is 1. The van der Waals surface area contributed by atoms with Crippen LogP contribution < -0.4 is 0 Å². The molecule has 0 radical (unpaired) electrons. The van der Waals surface area contributed by atoms with Crippen molar-refractivity contribution in [2.45, 2.75) is 33.3 Å². The third-order valence-corrected chi connectivity index (χ3v) is 2.75. The molecule has 0 bridgehead atoms. The molecule has 0 aliphatic rings. The first-order valence-electron chi connectivity index (χ1n) is 5.44. The fraction of sp³-hybridized carbons (Fsp3) is 0.462. The molecule has 0 aromatic heterocycles. The highest BCUT2D eigenvalue weighted by Gasteiger charge is 2.13. The summed E-state index contributed by atoms with van der Waals surface area (Å²) in [6.45, 7) is 5.60. The van der Waals surface area contributed by atoms with E-state index in [0.29, 0.717) is 0 Å². The summed E-state index contributed by atoms with van der Waals surface area (Å²) in [5, 5.41) is 0. The van der Waals surface area contributed by atoms with E-state index >= 15 is 0 Å². The van der Waals surface area contributed by atoms with Crippen molar-refractivity contribution < 1.29 is 9.53 Å². The quantitative estimate of drug-likeness (QED) is 0.790. The van der Waals surface area contributed by atoms with Crippen molar-refractivity contribution in [1.82, 2.24) is 0 Å². The largest absolute Gasteiger partial charge is 0.462 e. The lowest BCUT2D eigenvalue weighted by molar-refractivity contribution is -0.151. The highest BCUT2D eigenvalue weighted by Crippen LogP contribution is 2.13. The molecular weight excluding hydrogens is 268 g/mol. The van der Waals surface area contributed by atoms with Crippen LogP contribution in [0.4, 0.5) is 0 Å². The van der Waals surface area contributed by atoms with Gasteiger partial charge in [-0.2, -0.15) is 0 Å². The van der Waals surface area contributed by atoms with Crippen LogP contribution in [0.25, 0.3) is 0 Å². The molecule has 0 aliphatic heterocycles. The first-order valence-corrected chi connectivity index (χ1v) is 6.23. The Morgan fingerprint density at radius 3 is 2.31 bits per heavy atom. The SMILES string of the molecule is CC(Cc1ccc(Br)cc1)OC(=O)C(C)C. The molecular formula is C13H17BrO2. The summed E-state index contributed by atoms with van der Waals surface area (Å²) < 4.78 is 6.35. The van der Waals surface area contributed by atoms with Gasteiger partial charge < -0.3 is 4.74 Å². The zero-order valence-corrected chi connectivity index (χ0v) is 11.5. The highest BCUT2D eigenvalue weighted by atomic mass is 79.9. The number of esters is 1. The summed E-state index contributed by atoms with van der Waals surface area (Å²) in [6.07, 6.45) is 0.683. The molecule has 0 saturated heterocycles. The van der Waals surface area contributed by atoms with E-state index in [1.54, 1.807) is 0 Å². The van der Waals surface area contributed by atoms with E-state index in [-0.39, 0.29) is 18.0 Å². The molecule has 0 N–H and O–H groups in total. The van der Waals surface area contributed by atoms with Gasteiger partial charge in [0, 0.05) is 10.9 Å². The molecule has 0 saturated carbocycles. The monoisotopic (exact) mass is 284 g/mol. The van der Waals surface area contributed by atoms with E-state index in [2.05, 4.69) is 15.9 Å². The minimum atomic E-state index is -0.135. The van der Waals surface area contributed by atoms with E-state index in [1.165, 1.54) is 5.56 Å². The molecule has 1 atom stereocenters. The Bertz CT molecular complexity index is 343. The second-order valence-electron chi connectivity index (χ2n) is 4.23. The van der Waals surface area contributed by atoms with Crippen molar-refractivity contribution in [3.05, 3.63) is 34.3 Å². The molecule has 88 valence electrons. The second-order valence-corrected chi connectivity index (χ2v) is 5.15. The molecule has 16 heavy (non-hydrogen) atoms. The predicted molar refractivity (Wildman–Crippen MR) is 68.2 cm³/mol. The van der Waals surface area contributed by atoms with Gasteiger partial charge in [0.25, 0.3) is 0 Å². The zero-order chi connectivity index (χ0) is 12.1. The van der Waals surface area contributed by atoms with Gasteiger partial charge in [-0.25, -0.2) is 0 Å². The van der Waals surface area contributed by atoms with Gasteiger partial charge >= 0.3 is 5.97 Å². The van der Waals surface area contributed by atoms with Gasteiger partial charge in [-0.1, -0.05) is 41.9 Å². The molecule has 1 aromatic rings. The van der Waals surface area contributed by atoms with Crippen LogP contribution in [0.1, 0.15) is 26.3 Å². The second kappa shape index (κ2) is 6.04. The Morgan fingerprint density at radius 1 is 1.25 bits per heavy atom. The van der Waals surface area contributed by atoms with Crippen molar-refractivity contribution in [2.75, 3.05) is 0 Å². The average Bonchev–Trinajstić information content (AvgIpc) is 2.21. The number of carbonyl (C=O) groups excluding carboxylic acids is 1. The van der Waals surface area contributed by atoms with Gasteiger partial charge in [0.1, 0.15) is 6.10 Å². The number of hydrogen-bond donors (Lipinski definition) is 0. The lowest BCUT2D eigenvalue weighted by atomic mass is 10.1. The lowest BCUT2D eigenvalue weighted by Crippen LogP contribution is -2.20. The molecule has 0 heterocycles. The molecule has 1 aromatic carbocycles. The number of rotatable bonds is 4. The lowest BCUT2D eigenvalue weighted by Gasteiger charge is -2.14. The van der Waals surface area contributed by atoms with E-state index in [9.17, 15) is 4.79 Å². The standard InChI is InChI=1S/C13H17BrO2/c1-9(2)13(15)16-10(3)8-11-4-6-12(14)7-5-11/h4-7,9-10H,8H2,1-3H3. The van der Waals surface area contributed by atoms with Gasteiger partial charge in [0.05, 0.1) is 5.92 Å². The van der Waals surface area contributed by atoms with Crippen molar-refractivity contribution in [2.24, 2.45) is 5.92 Å². The summed E-state index contributed by atoms with van der Waals surface area (Å²) in [4.78, 5) is 11.4. The number of carbonyl (C=O) groups is 1. The summed E-state index contributed by atoms with van der Waals surface area (Å²) in [5.74, 6) is -0.197. The Hall–Kier alpha value is -0.830. The molecule has 3 heteroatoms. The van der Waals surface area contributed by atoms with Crippen LogP contribution in [0.15, 0.2) is 28.7 Å². The Morgan fingerprint density at radius 2 is 1.81 bits per heavy atom. The summed E-state index contributed by atoms with van der Waals surface area (Å²) in [7, 11) is 0.